The number of nitrogens with zero attached hydrogens (tertiary/aromatic N) is 1. The highest BCUT2D eigenvalue weighted by Crippen LogP contribution is 2.44. The van der Waals surface area contributed by atoms with E-state index >= 15 is 0 Å². The monoisotopic (exact) mass is 414 g/mol. The van der Waals surface area contributed by atoms with Crippen LogP contribution in [-0.2, 0) is 20.4 Å². The molecule has 1 fully saturated rings. The van der Waals surface area contributed by atoms with E-state index in [0.29, 0.717) is 12.8 Å². The molecule has 2 aliphatic rings. The van der Waals surface area contributed by atoms with Crippen molar-refractivity contribution < 1.29 is 9.59 Å². The Morgan fingerprint density at radius 1 is 0.903 bits per heavy atom. The fourth-order valence-electron chi connectivity index (χ4n) is 4.96. The molecule has 4 heteroatoms. The highest BCUT2D eigenvalue weighted by Gasteiger charge is 2.35. The molecule has 0 aliphatic heterocycles. The first-order chi connectivity index (χ1) is 14.5. The van der Waals surface area contributed by atoms with Gasteiger partial charge in [-0.2, -0.15) is 5.11 Å². The number of rotatable bonds is 4. The van der Waals surface area contributed by atoms with E-state index in [1.807, 2.05) is 24.3 Å². The van der Waals surface area contributed by atoms with Crippen LogP contribution in [0.1, 0.15) is 85.9 Å². The average molecular weight is 415 g/mol. The van der Waals surface area contributed by atoms with Crippen molar-refractivity contribution in [3.8, 4) is 0 Å². The van der Waals surface area contributed by atoms with Crippen molar-refractivity contribution >= 4 is 11.6 Å². The molecule has 1 atom stereocenters. The Hall–Kier alpha value is -2.88. The SMILES string of the molecule is Cc1cc2c(cc1C(N=N)c1ccc(C3C(=O)CCC3=O)cc1)C(C)(C)C=CC2(C)C. The van der Waals surface area contributed by atoms with Gasteiger partial charge in [0.25, 0.3) is 0 Å². The van der Waals surface area contributed by atoms with Crippen LogP contribution in [-0.4, -0.2) is 11.6 Å². The molecule has 0 spiro atoms. The first-order valence-electron chi connectivity index (χ1n) is 10.9. The number of aryl methyl sites for hydroxylation is 1. The van der Waals surface area contributed by atoms with Gasteiger partial charge in [-0.05, 0) is 40.3 Å². The molecule has 1 N–H and O–H groups in total. The van der Waals surface area contributed by atoms with Crippen LogP contribution < -0.4 is 0 Å². The number of allylic oxidation sites excluding steroid dienone is 2. The minimum absolute atomic E-state index is 0.00270. The number of hydrogen-bond acceptors (Lipinski definition) is 4. The van der Waals surface area contributed by atoms with Crippen molar-refractivity contribution in [1.82, 2.24) is 0 Å². The molecule has 2 aromatic carbocycles. The van der Waals surface area contributed by atoms with E-state index in [1.54, 1.807) is 0 Å². The standard InChI is InChI=1S/C27H30N2O2/c1-16-14-20-21(27(4,5)13-12-26(20,2)3)15-19(16)25(29-28)18-8-6-17(7-9-18)24-22(30)10-11-23(24)31/h6-9,12-15,24-25,28H,10-11H2,1-5H3. The zero-order valence-corrected chi connectivity index (χ0v) is 19.0. The Labute approximate surface area is 184 Å². The molecule has 0 aromatic heterocycles. The van der Waals surface area contributed by atoms with Gasteiger partial charge in [-0.3, -0.25) is 9.59 Å². The summed E-state index contributed by atoms with van der Waals surface area (Å²) in [6.45, 7) is 11.0. The molecule has 4 rings (SSSR count). The van der Waals surface area contributed by atoms with E-state index in [-0.39, 0.29) is 22.4 Å². The average Bonchev–Trinajstić information content (AvgIpc) is 3.06. The molecule has 0 radical (unpaired) electrons. The maximum Gasteiger partial charge on any atom is 0.148 e. The van der Waals surface area contributed by atoms with Gasteiger partial charge in [0.2, 0.25) is 0 Å². The number of ketones is 2. The van der Waals surface area contributed by atoms with E-state index in [9.17, 15) is 9.59 Å². The van der Waals surface area contributed by atoms with E-state index in [4.69, 9.17) is 5.53 Å². The molecular weight excluding hydrogens is 384 g/mol. The number of nitrogens with one attached hydrogen (secondary N) is 1. The lowest BCUT2D eigenvalue weighted by atomic mass is 9.67. The predicted molar refractivity (Wildman–Crippen MR) is 122 cm³/mol. The number of Topliss-reactive ketones (excluding diaryl/α,β-unsaturated/α-hetero) is 2. The van der Waals surface area contributed by atoms with E-state index < -0.39 is 12.0 Å². The largest absolute Gasteiger partial charge is 0.299 e. The second kappa shape index (κ2) is 7.37. The van der Waals surface area contributed by atoms with Crippen molar-refractivity contribution in [2.24, 2.45) is 5.11 Å². The van der Waals surface area contributed by atoms with Gasteiger partial charge in [0.05, 0.1) is 0 Å². The van der Waals surface area contributed by atoms with Crippen LogP contribution in [0, 0.1) is 12.5 Å². The molecule has 31 heavy (non-hydrogen) atoms. The van der Waals surface area contributed by atoms with Crippen molar-refractivity contribution in [2.45, 2.75) is 70.3 Å². The smallest absolute Gasteiger partial charge is 0.148 e. The summed E-state index contributed by atoms with van der Waals surface area (Å²) in [5.74, 6) is -0.619. The number of fused-ring (bicyclic) bond motifs is 1. The van der Waals surface area contributed by atoms with Crippen LogP contribution in [0.15, 0.2) is 53.7 Å². The summed E-state index contributed by atoms with van der Waals surface area (Å²) in [7, 11) is 0. The number of benzene rings is 2. The van der Waals surface area contributed by atoms with Crippen molar-refractivity contribution in [1.29, 1.82) is 5.53 Å². The summed E-state index contributed by atoms with van der Waals surface area (Å²) in [5.41, 5.74) is 14.2. The second-order valence-corrected chi connectivity index (χ2v) is 10.1. The third-order valence-electron chi connectivity index (χ3n) is 6.98. The minimum atomic E-state index is -0.624. The molecule has 0 bridgehead atoms. The molecule has 2 aliphatic carbocycles. The van der Waals surface area contributed by atoms with Crippen molar-refractivity contribution in [3.05, 3.63) is 81.9 Å². The van der Waals surface area contributed by atoms with Crippen LogP contribution in [0.5, 0.6) is 0 Å². The van der Waals surface area contributed by atoms with Crippen LogP contribution >= 0.6 is 0 Å². The topological polar surface area (TPSA) is 70.3 Å². The molecule has 0 amide bonds. The van der Waals surface area contributed by atoms with Gasteiger partial charge in [0.1, 0.15) is 23.5 Å². The highest BCUT2D eigenvalue weighted by molar-refractivity contribution is 6.13. The molecule has 0 heterocycles. The van der Waals surface area contributed by atoms with Crippen LogP contribution in [0.2, 0.25) is 0 Å². The van der Waals surface area contributed by atoms with Crippen molar-refractivity contribution in [3.63, 3.8) is 0 Å². The summed E-state index contributed by atoms with van der Waals surface area (Å²) in [4.78, 5) is 24.2. The first-order valence-corrected chi connectivity index (χ1v) is 10.9. The zero-order chi connectivity index (χ0) is 22.6. The molecule has 0 saturated heterocycles. The Morgan fingerprint density at radius 3 is 1.94 bits per heavy atom. The Morgan fingerprint density at radius 2 is 1.42 bits per heavy atom. The molecular formula is C27H30N2O2. The fourth-order valence-corrected chi connectivity index (χ4v) is 4.96. The maximum absolute atomic E-state index is 12.1. The highest BCUT2D eigenvalue weighted by atomic mass is 16.2. The normalized spacial score (nSPS) is 20.5. The first kappa shape index (κ1) is 21.4. The third kappa shape index (κ3) is 3.58. The lowest BCUT2D eigenvalue weighted by molar-refractivity contribution is -0.123. The minimum Gasteiger partial charge on any atom is -0.299 e. The Balaban J connectivity index is 1.75. The van der Waals surface area contributed by atoms with E-state index in [0.717, 1.165) is 22.3 Å². The van der Waals surface area contributed by atoms with Gasteiger partial charge < -0.3 is 0 Å². The van der Waals surface area contributed by atoms with Crippen LogP contribution in [0.4, 0.5) is 0 Å². The van der Waals surface area contributed by atoms with Gasteiger partial charge in [0, 0.05) is 23.7 Å². The third-order valence-corrected chi connectivity index (χ3v) is 6.98. The molecule has 1 unspecified atom stereocenters. The number of hydrogen-bond donors (Lipinski definition) is 1. The predicted octanol–water partition coefficient (Wildman–Crippen LogP) is 6.26. The quantitative estimate of drug-likeness (QED) is 0.364. The lowest BCUT2D eigenvalue weighted by Crippen LogP contribution is -2.29. The number of carbonyl (C=O) groups is 2. The lowest BCUT2D eigenvalue weighted by Gasteiger charge is -2.38. The van der Waals surface area contributed by atoms with Gasteiger partial charge >= 0.3 is 0 Å². The van der Waals surface area contributed by atoms with Gasteiger partial charge in [0.15, 0.2) is 0 Å². The van der Waals surface area contributed by atoms with Crippen LogP contribution in [0.25, 0.3) is 0 Å². The fraction of sp³-hybridized carbons (Fsp3) is 0.407. The second-order valence-electron chi connectivity index (χ2n) is 10.1. The van der Waals surface area contributed by atoms with E-state index in [1.165, 1.54) is 11.1 Å². The summed E-state index contributed by atoms with van der Waals surface area (Å²) >= 11 is 0. The summed E-state index contributed by atoms with van der Waals surface area (Å²) < 4.78 is 0. The van der Waals surface area contributed by atoms with Crippen LogP contribution in [0.3, 0.4) is 0 Å². The van der Waals surface area contributed by atoms with E-state index in [2.05, 4.69) is 64.0 Å². The molecule has 1 saturated carbocycles. The van der Waals surface area contributed by atoms with Crippen molar-refractivity contribution in [2.75, 3.05) is 0 Å². The zero-order valence-electron chi connectivity index (χ0n) is 19.0. The van der Waals surface area contributed by atoms with Gasteiger partial charge in [-0.25, -0.2) is 5.53 Å². The van der Waals surface area contributed by atoms with Gasteiger partial charge in [-0.1, -0.05) is 76.2 Å². The van der Waals surface area contributed by atoms with Gasteiger partial charge in [-0.15, -0.1) is 0 Å². The molecule has 4 nitrogen and oxygen atoms in total. The summed E-state index contributed by atoms with van der Waals surface area (Å²) in [6, 6.07) is 11.6. The Bertz CT molecular complexity index is 1090. The molecule has 160 valence electrons. The Kier molecular flexibility index (Phi) is 5.07. The molecule has 2 aromatic rings. The number of carbonyl (C=O) groups excluding carboxylic acids is 2. The summed E-state index contributed by atoms with van der Waals surface area (Å²) in [5, 5.41) is 3.98. The summed E-state index contributed by atoms with van der Waals surface area (Å²) in [6.07, 6.45) is 5.23. The maximum atomic E-state index is 12.1.